The van der Waals surface area contributed by atoms with E-state index in [1.165, 1.54) is 21.3 Å². The first-order valence-electron chi connectivity index (χ1n) is 22.9. The van der Waals surface area contributed by atoms with Gasteiger partial charge in [0.1, 0.15) is 58.6 Å². The van der Waals surface area contributed by atoms with Crippen molar-refractivity contribution in [1.82, 2.24) is 0 Å². The fraction of sp³-hybridized carbons (Fsp3) is 0.345. The molecule has 6 aromatic carbocycles. The molecule has 6 aromatic rings. The Morgan fingerprint density at radius 1 is 0.366 bits per heavy atom. The van der Waals surface area contributed by atoms with E-state index in [4.69, 9.17) is 61.6 Å². The highest BCUT2D eigenvalue weighted by atomic mass is 16.5. The molecule has 16 heteroatoms. The molecule has 71 heavy (non-hydrogen) atoms. The Kier molecular flexibility index (Phi) is 13.8. The number of methoxy groups -OCH3 is 10. The van der Waals surface area contributed by atoms with E-state index in [1.807, 2.05) is 12.1 Å². The van der Waals surface area contributed by atoms with Crippen molar-refractivity contribution in [1.29, 1.82) is 0 Å². The van der Waals surface area contributed by atoms with Gasteiger partial charge < -0.3 is 76.9 Å². The molecule has 0 saturated heterocycles. The minimum atomic E-state index is -1.34. The van der Waals surface area contributed by atoms with Crippen LogP contribution >= 0.6 is 0 Å². The number of fused-ring (bicyclic) bond motifs is 6. The molecule has 3 aliphatic rings. The third-order valence-corrected chi connectivity index (χ3v) is 13.7. The maximum Gasteiger partial charge on any atom is 0.161 e. The summed E-state index contributed by atoms with van der Waals surface area (Å²) in [4.78, 5) is 0. The second-order valence-corrected chi connectivity index (χ2v) is 17.2. The van der Waals surface area contributed by atoms with E-state index in [0.29, 0.717) is 114 Å². The lowest BCUT2D eigenvalue weighted by Gasteiger charge is -2.46. The molecule has 16 nitrogen and oxygen atoms in total. The maximum absolute atomic E-state index is 13.2. The molecule has 0 spiro atoms. The minimum Gasteiger partial charge on any atom is -0.497 e. The van der Waals surface area contributed by atoms with Crippen LogP contribution in [0.25, 0.3) is 0 Å². The predicted molar refractivity (Wildman–Crippen MR) is 260 cm³/mol. The fourth-order valence-corrected chi connectivity index (χ4v) is 10.3. The number of hydrogen-bond acceptors (Lipinski definition) is 16. The third kappa shape index (κ3) is 8.38. The van der Waals surface area contributed by atoms with Gasteiger partial charge in [0.2, 0.25) is 0 Å². The Labute approximate surface area is 411 Å². The van der Waals surface area contributed by atoms with E-state index in [2.05, 4.69) is 0 Å². The molecule has 374 valence electrons. The zero-order valence-corrected chi connectivity index (χ0v) is 41.1. The summed E-state index contributed by atoms with van der Waals surface area (Å²) in [7, 11) is 15.4. The van der Waals surface area contributed by atoms with Crippen LogP contribution < -0.4 is 61.6 Å². The lowest BCUT2D eigenvalue weighted by atomic mass is 9.72. The average Bonchev–Trinajstić information content (AvgIpc) is 3.41. The molecule has 3 heterocycles. The Hall–Kier alpha value is -7.40. The molecule has 0 amide bonds. The van der Waals surface area contributed by atoms with Gasteiger partial charge in [-0.2, -0.15) is 0 Å². The highest BCUT2D eigenvalue weighted by Crippen LogP contribution is 2.64. The number of hydrogen-bond donors (Lipinski definition) is 3. The smallest absolute Gasteiger partial charge is 0.161 e. The molecule has 0 fully saturated rings. The zero-order chi connectivity index (χ0) is 50.2. The molecule has 9 rings (SSSR count). The quantitative estimate of drug-likeness (QED) is 0.0898. The van der Waals surface area contributed by atoms with E-state index in [0.717, 1.165) is 0 Å². The Bertz CT molecular complexity index is 2830. The molecule has 0 saturated carbocycles. The van der Waals surface area contributed by atoms with Gasteiger partial charge >= 0.3 is 0 Å². The van der Waals surface area contributed by atoms with Crippen molar-refractivity contribution >= 4 is 0 Å². The lowest BCUT2D eigenvalue weighted by Crippen LogP contribution is -2.41. The molecule has 0 radical (unpaired) electrons. The van der Waals surface area contributed by atoms with E-state index in [-0.39, 0.29) is 12.2 Å². The summed E-state index contributed by atoms with van der Waals surface area (Å²) in [6.07, 6.45) is -6.99. The van der Waals surface area contributed by atoms with Gasteiger partial charge in [-0.25, -0.2) is 0 Å². The number of benzene rings is 6. The van der Waals surface area contributed by atoms with Crippen LogP contribution in [0.5, 0.6) is 74.7 Å². The number of aliphatic hydroxyl groups excluding tert-OH is 3. The molecular formula is C55H58O16. The van der Waals surface area contributed by atoms with Gasteiger partial charge in [0.15, 0.2) is 46.7 Å². The summed E-state index contributed by atoms with van der Waals surface area (Å²) in [5.74, 6) is 3.44. The number of aliphatic hydroxyl groups is 3. The summed E-state index contributed by atoms with van der Waals surface area (Å²) in [6, 6.07) is 26.7. The van der Waals surface area contributed by atoms with Crippen LogP contribution in [0.1, 0.15) is 74.7 Å². The number of ether oxygens (including phenoxy) is 13. The van der Waals surface area contributed by atoms with Crippen molar-refractivity contribution in [2.45, 2.75) is 54.9 Å². The highest BCUT2D eigenvalue weighted by Gasteiger charge is 2.52. The predicted octanol–water partition coefficient (Wildman–Crippen LogP) is 8.06. The van der Waals surface area contributed by atoms with Gasteiger partial charge in [-0.1, -0.05) is 30.3 Å². The standard InChI is InChI=1S/C55H58O16/c1-59-30-14-16-32(39(24-30)64-6)44-46-53-34(26-35(56)50(69-53)27-11-18-36(61-3)41(21-27)66-8)54-47(55(46)71-52(49(44)58)29-13-20-38(63-5)43(23-29)68-10)45(33-17-15-31(60-2)25-40(33)65-7)48(57)51(70-54)28-12-19-37(62-4)42(22-28)67-9/h11-25,35,44-45,48-52,56-58H,26H2,1-10H3/t35-,44+,45-,48+,49+,50-,51-,52-/m1/s1. The highest BCUT2D eigenvalue weighted by molar-refractivity contribution is 5.72. The SMILES string of the molecule is COc1ccc([C@@H]2c3c(c4c(c5c3O[C@H](c3ccc(OC)c(OC)c3)[C@@H](O)[C@H]5c3ccc(OC)cc3OC)O[C@H](c3ccc(OC)c(OC)c3)[C@H](O)C4)O[C@H](c3ccc(OC)c(OC)c3)[C@H]2O)c(OC)c1. The lowest BCUT2D eigenvalue weighted by molar-refractivity contribution is -0.0171. The molecule has 0 unspecified atom stereocenters. The van der Waals surface area contributed by atoms with Crippen LogP contribution in [0, 0.1) is 0 Å². The van der Waals surface area contributed by atoms with Crippen LogP contribution in [-0.4, -0.2) is 105 Å². The van der Waals surface area contributed by atoms with Crippen molar-refractivity contribution < 1.29 is 76.9 Å². The Morgan fingerprint density at radius 2 is 0.718 bits per heavy atom. The molecule has 3 aliphatic heterocycles. The van der Waals surface area contributed by atoms with Crippen molar-refractivity contribution in [3.05, 3.63) is 136 Å². The van der Waals surface area contributed by atoms with E-state index < -0.39 is 48.5 Å². The van der Waals surface area contributed by atoms with Gasteiger partial charge in [-0.15, -0.1) is 0 Å². The second-order valence-electron chi connectivity index (χ2n) is 17.2. The maximum atomic E-state index is 13.2. The monoisotopic (exact) mass is 974 g/mol. The average molecular weight is 975 g/mol. The number of rotatable bonds is 15. The van der Waals surface area contributed by atoms with Crippen molar-refractivity contribution in [3.8, 4) is 74.7 Å². The van der Waals surface area contributed by atoms with E-state index in [9.17, 15) is 15.3 Å². The summed E-state index contributed by atoms with van der Waals surface area (Å²) >= 11 is 0. The van der Waals surface area contributed by atoms with Crippen LogP contribution in [-0.2, 0) is 6.42 Å². The summed E-state index contributed by atoms with van der Waals surface area (Å²) in [6.45, 7) is 0. The van der Waals surface area contributed by atoms with Crippen LogP contribution in [0.4, 0.5) is 0 Å². The van der Waals surface area contributed by atoms with Crippen molar-refractivity contribution in [3.63, 3.8) is 0 Å². The second kappa shape index (κ2) is 20.1. The van der Waals surface area contributed by atoms with Gasteiger partial charge in [-0.3, -0.25) is 0 Å². The fourth-order valence-electron chi connectivity index (χ4n) is 10.3. The van der Waals surface area contributed by atoms with Gasteiger partial charge in [-0.05, 0) is 65.2 Å². The van der Waals surface area contributed by atoms with Crippen LogP contribution in [0.2, 0.25) is 0 Å². The minimum absolute atomic E-state index is 0.00710. The first kappa shape index (κ1) is 48.6. The Morgan fingerprint density at radius 3 is 1.08 bits per heavy atom. The van der Waals surface area contributed by atoms with Crippen LogP contribution in [0.3, 0.4) is 0 Å². The third-order valence-electron chi connectivity index (χ3n) is 13.7. The molecule has 8 atom stereocenters. The van der Waals surface area contributed by atoms with E-state index in [1.54, 1.807) is 129 Å². The largest absolute Gasteiger partial charge is 0.497 e. The molecule has 0 aromatic heterocycles. The summed E-state index contributed by atoms with van der Waals surface area (Å²) in [5.41, 5.74) is 4.13. The van der Waals surface area contributed by atoms with Crippen molar-refractivity contribution in [2.75, 3.05) is 71.1 Å². The Balaban J connectivity index is 1.40. The van der Waals surface area contributed by atoms with Gasteiger partial charge in [0.25, 0.3) is 0 Å². The van der Waals surface area contributed by atoms with Gasteiger partial charge in [0, 0.05) is 58.2 Å². The van der Waals surface area contributed by atoms with Gasteiger partial charge in [0.05, 0.1) is 77.2 Å². The molecular weight excluding hydrogens is 917 g/mol. The van der Waals surface area contributed by atoms with Crippen LogP contribution in [0.15, 0.2) is 91.0 Å². The first-order chi connectivity index (χ1) is 34.5. The summed E-state index contributed by atoms with van der Waals surface area (Å²) < 4.78 is 79.2. The zero-order valence-electron chi connectivity index (χ0n) is 41.1. The molecule has 0 aliphatic carbocycles. The molecule has 3 N–H and O–H groups in total. The first-order valence-corrected chi connectivity index (χ1v) is 22.9. The summed E-state index contributed by atoms with van der Waals surface area (Å²) in [5, 5.41) is 38.8. The van der Waals surface area contributed by atoms with E-state index >= 15 is 0 Å². The van der Waals surface area contributed by atoms with Crippen molar-refractivity contribution in [2.24, 2.45) is 0 Å². The molecule has 0 bridgehead atoms. The topological polar surface area (TPSA) is 181 Å². The normalized spacial score (nSPS) is 21.9.